The minimum absolute atomic E-state index is 0.194. The number of nitrogens with two attached hydrogens (primary N) is 1. The molecule has 1 aromatic rings. The van der Waals surface area contributed by atoms with Crippen molar-refractivity contribution < 1.29 is 9.18 Å². The summed E-state index contributed by atoms with van der Waals surface area (Å²) in [6, 6.07) is 3.19. The molecule has 1 atom stereocenters. The Morgan fingerprint density at radius 1 is 1.67 bits per heavy atom. The number of halogens is 2. The second-order valence-corrected chi connectivity index (χ2v) is 4.26. The molecule has 1 rings (SSSR count). The summed E-state index contributed by atoms with van der Waals surface area (Å²) in [4.78, 5) is 13.9. The lowest BCUT2D eigenvalue weighted by Gasteiger charge is -2.16. The molecule has 1 unspecified atom stereocenters. The monoisotopic (exact) mass is 315 g/mol. The van der Waals surface area contributed by atoms with Crippen LogP contribution in [0.3, 0.4) is 0 Å². The van der Waals surface area contributed by atoms with Crippen molar-refractivity contribution in [3.05, 3.63) is 44.5 Å². The van der Waals surface area contributed by atoms with Gasteiger partial charge < -0.3 is 11.1 Å². The highest BCUT2D eigenvalue weighted by molar-refractivity contribution is 9.10. The standard InChI is InChI=1S/C10H11BrFN5O/c11-8-5-6(12)1-2-7(8)9(10(13)18)15-3-4-16-17-14/h1-2,5,9,15H,3-4H2,(H2,13,18). The van der Waals surface area contributed by atoms with Crippen LogP contribution in [0.15, 0.2) is 27.8 Å². The van der Waals surface area contributed by atoms with Crippen LogP contribution >= 0.6 is 15.9 Å². The van der Waals surface area contributed by atoms with Gasteiger partial charge >= 0.3 is 0 Å². The van der Waals surface area contributed by atoms with Gasteiger partial charge in [-0.15, -0.1) is 0 Å². The van der Waals surface area contributed by atoms with Gasteiger partial charge in [-0.3, -0.25) is 4.79 Å². The van der Waals surface area contributed by atoms with E-state index < -0.39 is 17.8 Å². The molecular formula is C10H11BrFN5O. The van der Waals surface area contributed by atoms with Crippen molar-refractivity contribution in [1.82, 2.24) is 5.32 Å². The Kier molecular flexibility index (Phi) is 5.57. The van der Waals surface area contributed by atoms with Crippen molar-refractivity contribution >= 4 is 21.8 Å². The number of rotatable bonds is 6. The maximum atomic E-state index is 12.9. The number of hydrogen-bond donors (Lipinski definition) is 2. The number of azide groups is 1. The van der Waals surface area contributed by atoms with Gasteiger partial charge in [0, 0.05) is 22.5 Å². The summed E-state index contributed by atoms with van der Waals surface area (Å²) in [6.45, 7) is 0.487. The minimum atomic E-state index is -0.770. The van der Waals surface area contributed by atoms with Gasteiger partial charge in [-0.1, -0.05) is 27.1 Å². The van der Waals surface area contributed by atoms with Crippen LogP contribution in [0.2, 0.25) is 0 Å². The van der Waals surface area contributed by atoms with Gasteiger partial charge in [0.15, 0.2) is 0 Å². The molecule has 0 aliphatic rings. The predicted octanol–water partition coefficient (Wildman–Crippen LogP) is 2.01. The maximum absolute atomic E-state index is 12.9. The highest BCUT2D eigenvalue weighted by Crippen LogP contribution is 2.24. The number of benzene rings is 1. The fraction of sp³-hybridized carbons (Fsp3) is 0.300. The summed E-state index contributed by atoms with van der Waals surface area (Å²) >= 11 is 3.17. The second kappa shape index (κ2) is 6.95. The number of carbonyl (C=O) groups excluding carboxylic acids is 1. The van der Waals surface area contributed by atoms with E-state index in [1.165, 1.54) is 18.2 Å². The maximum Gasteiger partial charge on any atom is 0.239 e. The summed E-state index contributed by atoms with van der Waals surface area (Å²) in [5, 5.41) is 6.17. The second-order valence-electron chi connectivity index (χ2n) is 3.41. The summed E-state index contributed by atoms with van der Waals surface area (Å²) in [5.41, 5.74) is 13.9. The van der Waals surface area contributed by atoms with E-state index in [1.54, 1.807) is 0 Å². The van der Waals surface area contributed by atoms with Crippen molar-refractivity contribution in [2.75, 3.05) is 13.1 Å². The fourth-order valence-electron chi connectivity index (χ4n) is 1.40. The molecule has 0 heterocycles. The van der Waals surface area contributed by atoms with Crippen LogP contribution in [-0.4, -0.2) is 19.0 Å². The molecule has 0 aliphatic carbocycles. The lowest BCUT2D eigenvalue weighted by Crippen LogP contribution is -2.35. The third-order valence-corrected chi connectivity index (χ3v) is 2.87. The molecule has 0 saturated carbocycles. The van der Waals surface area contributed by atoms with Crippen LogP contribution in [0.1, 0.15) is 11.6 Å². The zero-order chi connectivity index (χ0) is 13.5. The summed E-state index contributed by atoms with van der Waals surface area (Å²) in [5.74, 6) is -1.01. The lowest BCUT2D eigenvalue weighted by atomic mass is 10.1. The van der Waals surface area contributed by atoms with Crippen LogP contribution in [0.4, 0.5) is 4.39 Å². The van der Waals surface area contributed by atoms with Gasteiger partial charge in [-0.05, 0) is 23.2 Å². The quantitative estimate of drug-likeness (QED) is 0.363. The van der Waals surface area contributed by atoms with Gasteiger partial charge in [0.1, 0.15) is 11.9 Å². The first-order valence-electron chi connectivity index (χ1n) is 5.04. The molecule has 0 radical (unpaired) electrons. The first-order valence-corrected chi connectivity index (χ1v) is 5.84. The van der Waals surface area contributed by atoms with E-state index in [4.69, 9.17) is 11.3 Å². The Morgan fingerprint density at radius 2 is 2.39 bits per heavy atom. The first-order chi connectivity index (χ1) is 8.56. The number of hydrogen-bond acceptors (Lipinski definition) is 3. The number of nitrogens with zero attached hydrogens (tertiary/aromatic N) is 3. The van der Waals surface area contributed by atoms with E-state index in [0.717, 1.165) is 0 Å². The number of carbonyl (C=O) groups is 1. The number of amides is 1. The fourth-order valence-corrected chi connectivity index (χ4v) is 1.98. The van der Waals surface area contributed by atoms with Crippen LogP contribution in [-0.2, 0) is 4.79 Å². The Bertz CT molecular complexity index is 489. The molecule has 0 bridgehead atoms. The van der Waals surface area contributed by atoms with Gasteiger partial charge in [-0.2, -0.15) is 0 Å². The van der Waals surface area contributed by atoms with Gasteiger partial charge in [-0.25, -0.2) is 4.39 Å². The van der Waals surface area contributed by atoms with Crippen LogP contribution in [0.25, 0.3) is 10.4 Å². The largest absolute Gasteiger partial charge is 0.368 e. The van der Waals surface area contributed by atoms with E-state index in [1.807, 2.05) is 0 Å². The number of primary amides is 1. The highest BCUT2D eigenvalue weighted by atomic mass is 79.9. The third kappa shape index (κ3) is 3.99. The average molecular weight is 316 g/mol. The first kappa shape index (κ1) is 14.4. The lowest BCUT2D eigenvalue weighted by molar-refractivity contribution is -0.120. The molecule has 0 fully saturated rings. The van der Waals surface area contributed by atoms with Crippen molar-refractivity contribution in [2.45, 2.75) is 6.04 Å². The van der Waals surface area contributed by atoms with Gasteiger partial charge in [0.25, 0.3) is 0 Å². The van der Waals surface area contributed by atoms with Crippen LogP contribution in [0.5, 0.6) is 0 Å². The van der Waals surface area contributed by atoms with E-state index in [9.17, 15) is 9.18 Å². The van der Waals surface area contributed by atoms with E-state index in [2.05, 4.69) is 31.3 Å². The molecule has 0 saturated heterocycles. The minimum Gasteiger partial charge on any atom is -0.368 e. The molecule has 0 aromatic heterocycles. The zero-order valence-electron chi connectivity index (χ0n) is 9.31. The SMILES string of the molecule is [N-]=[N+]=NCCNC(C(N)=O)c1ccc(F)cc1Br. The smallest absolute Gasteiger partial charge is 0.239 e. The van der Waals surface area contributed by atoms with Crippen molar-refractivity contribution in [3.63, 3.8) is 0 Å². The molecule has 96 valence electrons. The summed E-state index contributed by atoms with van der Waals surface area (Å²) in [6.07, 6.45) is 0. The Morgan fingerprint density at radius 3 is 2.94 bits per heavy atom. The molecule has 1 aromatic carbocycles. The van der Waals surface area contributed by atoms with Crippen LogP contribution in [0, 0.1) is 5.82 Å². The van der Waals surface area contributed by atoms with E-state index in [-0.39, 0.29) is 6.54 Å². The molecular weight excluding hydrogens is 305 g/mol. The van der Waals surface area contributed by atoms with Crippen LogP contribution < -0.4 is 11.1 Å². The molecule has 0 spiro atoms. The van der Waals surface area contributed by atoms with Crippen molar-refractivity contribution in [1.29, 1.82) is 0 Å². The summed E-state index contributed by atoms with van der Waals surface area (Å²) in [7, 11) is 0. The molecule has 0 aliphatic heterocycles. The molecule has 18 heavy (non-hydrogen) atoms. The molecule has 6 nitrogen and oxygen atoms in total. The van der Waals surface area contributed by atoms with Gasteiger partial charge in [0.2, 0.25) is 5.91 Å². The third-order valence-electron chi connectivity index (χ3n) is 2.18. The van der Waals surface area contributed by atoms with E-state index >= 15 is 0 Å². The molecule has 3 N–H and O–H groups in total. The molecule has 8 heteroatoms. The normalized spacial score (nSPS) is 11.7. The highest BCUT2D eigenvalue weighted by Gasteiger charge is 2.19. The Hall–Kier alpha value is -1.63. The Labute approximate surface area is 111 Å². The average Bonchev–Trinajstić information content (AvgIpc) is 2.30. The zero-order valence-corrected chi connectivity index (χ0v) is 10.9. The van der Waals surface area contributed by atoms with Crippen molar-refractivity contribution in [3.8, 4) is 0 Å². The van der Waals surface area contributed by atoms with Gasteiger partial charge in [0.05, 0.1) is 0 Å². The molecule has 1 amide bonds. The van der Waals surface area contributed by atoms with E-state index in [0.29, 0.717) is 16.6 Å². The summed E-state index contributed by atoms with van der Waals surface area (Å²) < 4.78 is 13.4. The Balaban J connectivity index is 2.84. The number of nitrogens with one attached hydrogen (secondary N) is 1. The predicted molar refractivity (Wildman–Crippen MR) is 68.1 cm³/mol. The topological polar surface area (TPSA) is 104 Å². The van der Waals surface area contributed by atoms with Crippen molar-refractivity contribution in [2.24, 2.45) is 10.8 Å².